The summed E-state index contributed by atoms with van der Waals surface area (Å²) in [6.07, 6.45) is 7.02. The van der Waals surface area contributed by atoms with E-state index in [4.69, 9.17) is 0 Å². The second kappa shape index (κ2) is 5.19. The molecule has 0 spiro atoms. The van der Waals surface area contributed by atoms with Gasteiger partial charge in [-0.15, -0.1) is 0 Å². The zero-order valence-corrected chi connectivity index (χ0v) is 13.8. The fourth-order valence-corrected chi connectivity index (χ4v) is 5.07. The first-order valence-electron chi connectivity index (χ1n) is 8.92. The second-order valence-corrected chi connectivity index (χ2v) is 7.94. The number of carbonyl (C=O) groups excluding carboxylic acids is 1. The Bertz CT molecular complexity index is 591. The smallest absolute Gasteiger partial charge is 0.120 e. The van der Waals surface area contributed by atoms with Crippen LogP contribution in [-0.4, -0.2) is 30.3 Å². The minimum atomic E-state index is 0.0894. The highest BCUT2D eigenvalue weighted by molar-refractivity contribution is 5.56. The minimum Gasteiger partial charge on any atom is -0.303 e. The van der Waals surface area contributed by atoms with Gasteiger partial charge in [0.1, 0.15) is 6.29 Å². The van der Waals surface area contributed by atoms with Gasteiger partial charge in [-0.2, -0.15) is 0 Å². The Morgan fingerprint density at radius 1 is 1.36 bits per heavy atom. The lowest BCUT2D eigenvalue weighted by atomic mass is 9.56. The number of aryl methyl sites for hydroxylation is 1. The first kappa shape index (κ1) is 14.4. The van der Waals surface area contributed by atoms with Crippen molar-refractivity contribution < 1.29 is 4.79 Å². The lowest BCUT2D eigenvalue weighted by Crippen LogP contribution is -2.59. The van der Waals surface area contributed by atoms with Crippen LogP contribution in [0.25, 0.3) is 0 Å². The molecule has 4 rings (SSSR count). The first-order valence-corrected chi connectivity index (χ1v) is 8.92. The SMILES string of the molecule is Cc1ccc2c(c1)[C@@]1(CC=O)CCN(CC3CC3)C(C2)[C@@H]1C. The van der Waals surface area contributed by atoms with Gasteiger partial charge in [0.25, 0.3) is 0 Å². The van der Waals surface area contributed by atoms with Crippen molar-refractivity contribution in [1.29, 1.82) is 0 Å². The molecule has 118 valence electrons. The molecule has 3 aliphatic rings. The third kappa shape index (κ3) is 2.15. The number of fused-ring (bicyclic) bond motifs is 4. The molecule has 1 aromatic carbocycles. The van der Waals surface area contributed by atoms with Crippen LogP contribution in [0.1, 0.15) is 49.3 Å². The summed E-state index contributed by atoms with van der Waals surface area (Å²) in [7, 11) is 0. The molecule has 2 fully saturated rings. The number of carbonyl (C=O) groups is 1. The van der Waals surface area contributed by atoms with Crippen LogP contribution in [0.15, 0.2) is 18.2 Å². The summed E-state index contributed by atoms with van der Waals surface area (Å²) in [5, 5.41) is 0. The highest BCUT2D eigenvalue weighted by Crippen LogP contribution is 2.51. The van der Waals surface area contributed by atoms with Crippen molar-refractivity contribution in [3.05, 3.63) is 34.9 Å². The van der Waals surface area contributed by atoms with Gasteiger partial charge in [0.15, 0.2) is 0 Å². The van der Waals surface area contributed by atoms with E-state index in [9.17, 15) is 4.79 Å². The Labute approximate surface area is 133 Å². The summed E-state index contributed by atoms with van der Waals surface area (Å²) >= 11 is 0. The van der Waals surface area contributed by atoms with Crippen LogP contribution in [-0.2, 0) is 16.6 Å². The van der Waals surface area contributed by atoms with E-state index in [0.717, 1.165) is 12.3 Å². The average molecular weight is 297 g/mol. The van der Waals surface area contributed by atoms with Gasteiger partial charge in [0.05, 0.1) is 0 Å². The van der Waals surface area contributed by atoms with Crippen LogP contribution in [0.3, 0.4) is 0 Å². The number of hydrogen-bond acceptors (Lipinski definition) is 2. The molecule has 1 saturated heterocycles. The molecule has 1 unspecified atom stereocenters. The third-order valence-corrected chi connectivity index (χ3v) is 6.63. The summed E-state index contributed by atoms with van der Waals surface area (Å²) in [5.74, 6) is 1.53. The normalized spacial score (nSPS) is 34.3. The monoisotopic (exact) mass is 297 g/mol. The summed E-state index contributed by atoms with van der Waals surface area (Å²) in [4.78, 5) is 14.2. The highest BCUT2D eigenvalue weighted by atomic mass is 16.1. The summed E-state index contributed by atoms with van der Waals surface area (Å²) in [6, 6.07) is 7.56. The molecule has 1 saturated carbocycles. The molecule has 22 heavy (non-hydrogen) atoms. The maximum absolute atomic E-state index is 11.5. The van der Waals surface area contributed by atoms with Gasteiger partial charge in [-0.05, 0) is 62.1 Å². The van der Waals surface area contributed by atoms with Gasteiger partial charge >= 0.3 is 0 Å². The van der Waals surface area contributed by atoms with Gasteiger partial charge in [0.2, 0.25) is 0 Å². The van der Waals surface area contributed by atoms with E-state index in [1.54, 1.807) is 0 Å². The summed E-state index contributed by atoms with van der Waals surface area (Å²) in [6.45, 7) is 7.03. The van der Waals surface area contributed by atoms with Crippen molar-refractivity contribution in [2.24, 2.45) is 11.8 Å². The Hall–Kier alpha value is -1.15. The standard InChI is InChI=1S/C20H27NO/c1-14-3-6-17-12-19-15(2)20(8-10-22,18(17)11-14)7-9-21(19)13-16-4-5-16/h3,6,10-11,15-16,19H,4-5,7-9,12-13H2,1-2H3/t15-,19?,20+/m0/s1. The molecule has 3 atom stereocenters. The fraction of sp³-hybridized carbons (Fsp3) is 0.650. The van der Waals surface area contributed by atoms with E-state index in [-0.39, 0.29) is 5.41 Å². The zero-order chi connectivity index (χ0) is 15.3. The van der Waals surface area contributed by atoms with E-state index >= 15 is 0 Å². The van der Waals surface area contributed by atoms with Crippen LogP contribution in [0.4, 0.5) is 0 Å². The van der Waals surface area contributed by atoms with E-state index in [1.165, 1.54) is 55.3 Å². The van der Waals surface area contributed by atoms with Gasteiger partial charge in [-0.1, -0.05) is 30.7 Å². The largest absolute Gasteiger partial charge is 0.303 e. The maximum Gasteiger partial charge on any atom is 0.120 e. The number of benzene rings is 1. The van der Waals surface area contributed by atoms with Gasteiger partial charge < -0.3 is 4.79 Å². The molecule has 0 aromatic heterocycles. The molecule has 0 N–H and O–H groups in total. The highest BCUT2D eigenvalue weighted by Gasteiger charge is 2.51. The Kier molecular flexibility index (Phi) is 3.41. The lowest BCUT2D eigenvalue weighted by Gasteiger charge is -2.56. The number of nitrogens with zero attached hydrogens (tertiary/aromatic N) is 1. The number of aldehydes is 1. The Balaban J connectivity index is 1.75. The molecular weight excluding hydrogens is 270 g/mol. The van der Waals surface area contributed by atoms with Crippen LogP contribution >= 0.6 is 0 Å². The van der Waals surface area contributed by atoms with Crippen molar-refractivity contribution >= 4 is 6.29 Å². The fourth-order valence-electron chi connectivity index (χ4n) is 5.07. The maximum atomic E-state index is 11.5. The third-order valence-electron chi connectivity index (χ3n) is 6.63. The van der Waals surface area contributed by atoms with E-state index in [2.05, 4.69) is 36.9 Å². The van der Waals surface area contributed by atoms with Crippen LogP contribution in [0.2, 0.25) is 0 Å². The topological polar surface area (TPSA) is 20.3 Å². The van der Waals surface area contributed by atoms with Crippen molar-refractivity contribution in [2.45, 2.75) is 57.4 Å². The Morgan fingerprint density at radius 2 is 2.18 bits per heavy atom. The lowest BCUT2D eigenvalue weighted by molar-refractivity contribution is -0.110. The molecule has 2 aliphatic carbocycles. The van der Waals surface area contributed by atoms with E-state index in [1.807, 2.05) is 0 Å². The average Bonchev–Trinajstić information content (AvgIpc) is 3.30. The molecule has 1 aromatic rings. The predicted octanol–water partition coefficient (Wildman–Crippen LogP) is 3.50. The van der Waals surface area contributed by atoms with E-state index < -0.39 is 0 Å². The molecule has 0 radical (unpaired) electrons. The molecule has 2 nitrogen and oxygen atoms in total. The summed E-state index contributed by atoms with van der Waals surface area (Å²) < 4.78 is 0. The van der Waals surface area contributed by atoms with Gasteiger partial charge in [-0.3, -0.25) is 4.90 Å². The molecular formula is C20H27NO. The van der Waals surface area contributed by atoms with Crippen molar-refractivity contribution in [3.8, 4) is 0 Å². The molecule has 0 amide bonds. The Morgan fingerprint density at radius 3 is 2.91 bits per heavy atom. The number of rotatable bonds is 4. The van der Waals surface area contributed by atoms with Crippen molar-refractivity contribution in [1.82, 2.24) is 4.90 Å². The van der Waals surface area contributed by atoms with Crippen LogP contribution < -0.4 is 0 Å². The second-order valence-electron chi connectivity index (χ2n) is 7.94. The minimum absolute atomic E-state index is 0.0894. The molecule has 2 bridgehead atoms. The number of hydrogen-bond donors (Lipinski definition) is 0. The molecule has 1 aliphatic heterocycles. The van der Waals surface area contributed by atoms with Crippen molar-refractivity contribution in [3.63, 3.8) is 0 Å². The van der Waals surface area contributed by atoms with Gasteiger partial charge in [-0.25, -0.2) is 0 Å². The molecule has 1 heterocycles. The zero-order valence-electron chi connectivity index (χ0n) is 13.8. The van der Waals surface area contributed by atoms with Gasteiger partial charge in [0, 0.05) is 24.4 Å². The summed E-state index contributed by atoms with van der Waals surface area (Å²) in [5.41, 5.74) is 4.40. The predicted molar refractivity (Wildman–Crippen MR) is 89.1 cm³/mol. The van der Waals surface area contributed by atoms with E-state index in [0.29, 0.717) is 18.4 Å². The number of piperidine rings is 1. The van der Waals surface area contributed by atoms with Crippen LogP contribution in [0.5, 0.6) is 0 Å². The molecule has 2 heteroatoms. The van der Waals surface area contributed by atoms with Crippen molar-refractivity contribution in [2.75, 3.05) is 13.1 Å². The van der Waals surface area contributed by atoms with Crippen LogP contribution in [0, 0.1) is 18.8 Å². The number of likely N-dealkylation sites (tertiary alicyclic amines) is 1. The quantitative estimate of drug-likeness (QED) is 0.793. The first-order chi connectivity index (χ1) is 10.6.